The van der Waals surface area contributed by atoms with E-state index in [9.17, 15) is 0 Å². The predicted molar refractivity (Wildman–Crippen MR) is 97.8 cm³/mol. The van der Waals surface area contributed by atoms with Crippen molar-refractivity contribution in [1.29, 1.82) is 0 Å². The molecular weight excluding hydrogens is 316 g/mol. The van der Waals surface area contributed by atoms with E-state index >= 15 is 0 Å². The summed E-state index contributed by atoms with van der Waals surface area (Å²) in [6, 6.07) is 6.46. The van der Waals surface area contributed by atoms with Gasteiger partial charge in [0.15, 0.2) is 11.5 Å². The molecule has 1 fully saturated rings. The van der Waals surface area contributed by atoms with E-state index in [-0.39, 0.29) is 0 Å². The third-order valence-electron chi connectivity index (χ3n) is 4.94. The van der Waals surface area contributed by atoms with Gasteiger partial charge in [-0.05, 0) is 38.8 Å². The highest BCUT2D eigenvalue weighted by molar-refractivity contribution is 5.56. The Morgan fingerprint density at radius 2 is 1.96 bits per heavy atom. The monoisotopic (exact) mass is 340 g/mol. The molecule has 132 valence electrons. The lowest BCUT2D eigenvalue weighted by Crippen LogP contribution is -2.43. The van der Waals surface area contributed by atoms with Crippen molar-refractivity contribution in [1.82, 2.24) is 9.97 Å². The number of rotatable bonds is 3. The number of hydrogen-bond donors (Lipinski definition) is 1. The van der Waals surface area contributed by atoms with E-state index in [2.05, 4.69) is 33.2 Å². The minimum Gasteiger partial charge on any atom is -0.486 e. The van der Waals surface area contributed by atoms with Crippen molar-refractivity contribution in [2.24, 2.45) is 0 Å². The van der Waals surface area contributed by atoms with Crippen molar-refractivity contribution in [2.45, 2.75) is 32.7 Å². The first-order chi connectivity index (χ1) is 12.2. The Morgan fingerprint density at radius 3 is 2.84 bits per heavy atom. The van der Waals surface area contributed by atoms with Gasteiger partial charge < -0.3 is 19.7 Å². The average Bonchev–Trinajstić information content (AvgIpc) is 2.64. The molecular formula is C19H24N4O2. The molecule has 0 spiro atoms. The topological polar surface area (TPSA) is 59.5 Å². The van der Waals surface area contributed by atoms with Crippen LogP contribution in [0.3, 0.4) is 0 Å². The Hall–Kier alpha value is -2.50. The molecule has 1 aromatic heterocycles. The van der Waals surface area contributed by atoms with Crippen molar-refractivity contribution in [2.75, 3.05) is 36.5 Å². The number of aryl methyl sites for hydroxylation is 1. The molecule has 1 atom stereocenters. The van der Waals surface area contributed by atoms with Crippen molar-refractivity contribution in [3.8, 4) is 11.5 Å². The van der Waals surface area contributed by atoms with E-state index in [1.54, 1.807) is 6.33 Å². The lowest BCUT2D eigenvalue weighted by molar-refractivity contribution is 0.171. The Labute approximate surface area is 148 Å². The molecule has 0 radical (unpaired) electrons. The quantitative estimate of drug-likeness (QED) is 0.927. The third-order valence-corrected chi connectivity index (χ3v) is 4.94. The molecule has 2 aliphatic rings. The zero-order valence-electron chi connectivity index (χ0n) is 14.8. The second-order valence-corrected chi connectivity index (χ2v) is 6.70. The van der Waals surface area contributed by atoms with Gasteiger partial charge in [0.05, 0.1) is 0 Å². The minimum absolute atomic E-state index is 0.381. The van der Waals surface area contributed by atoms with Crippen molar-refractivity contribution >= 4 is 11.5 Å². The third kappa shape index (κ3) is 3.34. The van der Waals surface area contributed by atoms with Crippen LogP contribution in [0.5, 0.6) is 11.5 Å². The molecule has 1 aromatic carbocycles. The lowest BCUT2D eigenvalue weighted by Gasteiger charge is -2.35. The number of benzene rings is 1. The van der Waals surface area contributed by atoms with Gasteiger partial charge in [-0.15, -0.1) is 0 Å². The first-order valence-corrected chi connectivity index (χ1v) is 8.90. The molecule has 2 aromatic rings. The summed E-state index contributed by atoms with van der Waals surface area (Å²) in [7, 11) is 0. The molecule has 1 saturated heterocycles. The maximum absolute atomic E-state index is 5.68. The van der Waals surface area contributed by atoms with Crippen LogP contribution < -0.4 is 19.7 Å². The summed E-state index contributed by atoms with van der Waals surface area (Å²) < 4.78 is 11.3. The Kier molecular flexibility index (Phi) is 4.34. The van der Waals surface area contributed by atoms with Crippen LogP contribution in [0.2, 0.25) is 0 Å². The molecule has 6 heteroatoms. The number of nitrogens with zero attached hydrogens (tertiary/aromatic N) is 3. The number of piperidine rings is 1. The standard InChI is InChI=1S/C19H24N4O2/c1-13-14(2)20-12-21-19(13)23-7-3-4-16(11-23)22-15-5-6-17-18(10-15)25-9-8-24-17/h5-6,10,12,16,22H,3-4,7-9,11H2,1-2H3. The van der Waals surface area contributed by atoms with Crippen molar-refractivity contribution < 1.29 is 9.47 Å². The van der Waals surface area contributed by atoms with Crippen LogP contribution in [0.1, 0.15) is 24.1 Å². The number of nitrogens with one attached hydrogen (secondary N) is 1. The highest BCUT2D eigenvalue weighted by atomic mass is 16.6. The molecule has 0 amide bonds. The number of hydrogen-bond acceptors (Lipinski definition) is 6. The number of aromatic nitrogens is 2. The average molecular weight is 340 g/mol. The fourth-order valence-electron chi connectivity index (χ4n) is 3.50. The second-order valence-electron chi connectivity index (χ2n) is 6.70. The summed E-state index contributed by atoms with van der Waals surface area (Å²) in [5, 5.41) is 3.64. The van der Waals surface area contributed by atoms with Crippen molar-refractivity contribution in [3.05, 3.63) is 35.8 Å². The predicted octanol–water partition coefficient (Wildman–Crippen LogP) is 2.95. The molecule has 1 unspecified atom stereocenters. The SMILES string of the molecule is Cc1ncnc(N2CCCC(Nc3ccc4c(c3)OCCO4)C2)c1C. The molecule has 4 rings (SSSR count). The molecule has 0 bridgehead atoms. The molecule has 3 heterocycles. The van der Waals surface area contributed by atoms with Crippen LogP contribution in [0.25, 0.3) is 0 Å². The first-order valence-electron chi connectivity index (χ1n) is 8.90. The van der Waals surface area contributed by atoms with E-state index < -0.39 is 0 Å². The van der Waals surface area contributed by atoms with Gasteiger partial charge in [0.2, 0.25) is 0 Å². The van der Waals surface area contributed by atoms with Crippen LogP contribution >= 0.6 is 0 Å². The fraction of sp³-hybridized carbons (Fsp3) is 0.474. The van der Waals surface area contributed by atoms with Gasteiger partial charge >= 0.3 is 0 Å². The van der Waals surface area contributed by atoms with E-state index in [0.29, 0.717) is 19.3 Å². The maximum Gasteiger partial charge on any atom is 0.163 e. The molecule has 2 aliphatic heterocycles. The number of fused-ring (bicyclic) bond motifs is 1. The largest absolute Gasteiger partial charge is 0.486 e. The first kappa shape index (κ1) is 16.0. The van der Waals surface area contributed by atoms with Gasteiger partial charge in [0.25, 0.3) is 0 Å². The summed E-state index contributed by atoms with van der Waals surface area (Å²) in [5.74, 6) is 2.71. The zero-order valence-corrected chi connectivity index (χ0v) is 14.8. The van der Waals surface area contributed by atoms with Gasteiger partial charge in [-0.2, -0.15) is 0 Å². The highest BCUT2D eigenvalue weighted by Gasteiger charge is 2.23. The van der Waals surface area contributed by atoms with E-state index in [4.69, 9.17) is 9.47 Å². The summed E-state index contributed by atoms with van der Waals surface area (Å²) in [6.45, 7) is 7.34. The summed E-state index contributed by atoms with van der Waals surface area (Å²) >= 11 is 0. The molecule has 1 N–H and O–H groups in total. The Morgan fingerprint density at radius 1 is 1.12 bits per heavy atom. The van der Waals surface area contributed by atoms with Gasteiger partial charge in [0.1, 0.15) is 25.4 Å². The smallest absolute Gasteiger partial charge is 0.163 e. The molecule has 25 heavy (non-hydrogen) atoms. The van der Waals surface area contributed by atoms with E-state index in [1.165, 1.54) is 5.56 Å². The van der Waals surface area contributed by atoms with Crippen molar-refractivity contribution in [3.63, 3.8) is 0 Å². The van der Waals surface area contributed by atoms with Crippen LogP contribution in [0, 0.1) is 13.8 Å². The van der Waals surface area contributed by atoms with Gasteiger partial charge in [0, 0.05) is 42.1 Å². The van der Waals surface area contributed by atoms with Crippen LogP contribution in [0.4, 0.5) is 11.5 Å². The highest BCUT2D eigenvalue weighted by Crippen LogP contribution is 2.33. The van der Waals surface area contributed by atoms with Crippen LogP contribution in [0.15, 0.2) is 24.5 Å². The summed E-state index contributed by atoms with van der Waals surface area (Å²) in [4.78, 5) is 11.2. The second kappa shape index (κ2) is 6.78. The van der Waals surface area contributed by atoms with Crippen LogP contribution in [-0.2, 0) is 0 Å². The Bertz CT molecular complexity index is 765. The van der Waals surface area contributed by atoms with E-state index in [0.717, 1.165) is 54.6 Å². The Balaban J connectivity index is 1.47. The number of ether oxygens (including phenoxy) is 2. The van der Waals surface area contributed by atoms with Crippen LogP contribution in [-0.4, -0.2) is 42.3 Å². The van der Waals surface area contributed by atoms with Gasteiger partial charge in [-0.3, -0.25) is 0 Å². The van der Waals surface area contributed by atoms with E-state index in [1.807, 2.05) is 19.1 Å². The number of anilines is 2. The lowest BCUT2D eigenvalue weighted by atomic mass is 10.0. The zero-order chi connectivity index (χ0) is 17.2. The van der Waals surface area contributed by atoms with Gasteiger partial charge in [-0.1, -0.05) is 0 Å². The normalized spacial score (nSPS) is 19.6. The minimum atomic E-state index is 0.381. The fourth-order valence-corrected chi connectivity index (χ4v) is 3.50. The molecule has 6 nitrogen and oxygen atoms in total. The summed E-state index contributed by atoms with van der Waals surface area (Å²) in [6.07, 6.45) is 3.95. The maximum atomic E-state index is 5.68. The van der Waals surface area contributed by atoms with Gasteiger partial charge in [-0.25, -0.2) is 9.97 Å². The summed E-state index contributed by atoms with van der Waals surface area (Å²) in [5.41, 5.74) is 3.29. The molecule has 0 aliphatic carbocycles. The molecule has 0 saturated carbocycles.